The summed E-state index contributed by atoms with van der Waals surface area (Å²) in [6, 6.07) is 3.95. The first-order chi connectivity index (χ1) is 9.49. The van der Waals surface area contributed by atoms with Crippen molar-refractivity contribution in [2.24, 2.45) is 0 Å². The van der Waals surface area contributed by atoms with Crippen molar-refractivity contribution in [2.75, 3.05) is 5.32 Å². The van der Waals surface area contributed by atoms with E-state index in [2.05, 4.69) is 29.4 Å². The maximum Gasteiger partial charge on any atom is 0.121 e. The maximum atomic E-state index is 10.2. The molecule has 2 unspecified atom stereocenters. The molecule has 1 aliphatic rings. The Balaban J connectivity index is 2.02. The van der Waals surface area contributed by atoms with E-state index in [-0.39, 0.29) is 6.04 Å². The molecule has 3 rings (SSSR count). The predicted octanol–water partition coefficient (Wildman–Crippen LogP) is 3.70. The number of fused-ring (bicyclic) bond motifs is 1. The summed E-state index contributed by atoms with van der Waals surface area (Å²) in [5, 5.41) is 21.0. The van der Waals surface area contributed by atoms with Crippen molar-refractivity contribution < 1.29 is 5.11 Å². The van der Waals surface area contributed by atoms with Crippen LogP contribution >= 0.6 is 0 Å². The highest BCUT2D eigenvalue weighted by Crippen LogP contribution is 2.47. The lowest BCUT2D eigenvalue weighted by atomic mass is 9.97. The topological polar surface area (TPSA) is 60.9 Å². The molecule has 0 bridgehead atoms. The molecule has 1 aliphatic carbocycles. The average molecular weight is 271 g/mol. The fraction of sp³-hybridized carbons (Fsp3) is 0.438. The van der Waals surface area contributed by atoms with Crippen LogP contribution in [0, 0.1) is 20.8 Å². The number of hydrogen-bond donors (Lipinski definition) is 3. The van der Waals surface area contributed by atoms with E-state index in [9.17, 15) is 5.11 Å². The summed E-state index contributed by atoms with van der Waals surface area (Å²) >= 11 is 0. The smallest absolute Gasteiger partial charge is 0.121 e. The van der Waals surface area contributed by atoms with Crippen LogP contribution < -0.4 is 5.32 Å². The fourth-order valence-corrected chi connectivity index (χ4v) is 3.41. The highest BCUT2D eigenvalue weighted by Gasteiger charge is 2.32. The van der Waals surface area contributed by atoms with E-state index < -0.39 is 0 Å². The van der Waals surface area contributed by atoms with E-state index in [0.29, 0.717) is 11.7 Å². The van der Waals surface area contributed by atoms with Gasteiger partial charge in [0, 0.05) is 5.56 Å². The summed E-state index contributed by atoms with van der Waals surface area (Å²) < 4.78 is 0. The molecule has 106 valence electrons. The van der Waals surface area contributed by atoms with E-state index in [4.69, 9.17) is 0 Å². The quantitative estimate of drug-likeness (QED) is 0.780. The molecule has 20 heavy (non-hydrogen) atoms. The molecule has 4 nitrogen and oxygen atoms in total. The number of aryl methyl sites for hydroxylation is 3. The third-order valence-corrected chi connectivity index (χ3v) is 4.36. The summed E-state index contributed by atoms with van der Waals surface area (Å²) in [6.07, 6.45) is 0.998. The van der Waals surface area contributed by atoms with Crippen molar-refractivity contribution in [1.82, 2.24) is 10.2 Å². The van der Waals surface area contributed by atoms with Crippen LogP contribution in [0.15, 0.2) is 12.1 Å². The minimum absolute atomic E-state index is 0.148. The summed E-state index contributed by atoms with van der Waals surface area (Å²) in [6.45, 7) is 8.34. The molecule has 3 N–H and O–H groups in total. The second-order valence-electron chi connectivity index (χ2n) is 5.87. The monoisotopic (exact) mass is 271 g/mol. The number of phenolic OH excluding ortho intramolecular Hbond substituents is 1. The first-order valence-corrected chi connectivity index (χ1v) is 7.09. The average Bonchev–Trinajstić information content (AvgIpc) is 2.90. The Hall–Kier alpha value is -1.97. The standard InChI is InChI=1S/C16H21N3O/c1-8-5-6-13(20)15-12(7-9(2)14(8)15)17-16-10(3)18-19-11(16)4/h5-6,9,12,17,20H,7H2,1-4H3,(H,18,19). The number of anilines is 1. The molecule has 1 aromatic carbocycles. The summed E-state index contributed by atoms with van der Waals surface area (Å²) in [4.78, 5) is 0. The van der Waals surface area contributed by atoms with Gasteiger partial charge in [-0.25, -0.2) is 0 Å². The van der Waals surface area contributed by atoms with Gasteiger partial charge >= 0.3 is 0 Å². The van der Waals surface area contributed by atoms with Gasteiger partial charge in [-0.3, -0.25) is 5.10 Å². The molecule has 0 saturated heterocycles. The molecular weight excluding hydrogens is 250 g/mol. The summed E-state index contributed by atoms with van der Waals surface area (Å²) in [5.41, 5.74) is 6.66. The number of phenols is 1. The van der Waals surface area contributed by atoms with Crippen LogP contribution in [0.5, 0.6) is 5.75 Å². The zero-order valence-electron chi connectivity index (χ0n) is 12.4. The Kier molecular flexibility index (Phi) is 2.96. The second-order valence-corrected chi connectivity index (χ2v) is 5.87. The van der Waals surface area contributed by atoms with E-state index in [1.165, 1.54) is 11.1 Å². The van der Waals surface area contributed by atoms with Crippen LogP contribution in [0.3, 0.4) is 0 Å². The molecule has 0 saturated carbocycles. The predicted molar refractivity (Wildman–Crippen MR) is 80.3 cm³/mol. The van der Waals surface area contributed by atoms with Gasteiger partial charge in [-0.15, -0.1) is 0 Å². The zero-order valence-corrected chi connectivity index (χ0v) is 12.4. The number of hydrogen-bond acceptors (Lipinski definition) is 3. The third-order valence-electron chi connectivity index (χ3n) is 4.36. The number of H-pyrrole nitrogens is 1. The number of nitrogens with zero attached hydrogens (tertiary/aromatic N) is 1. The number of rotatable bonds is 2. The lowest BCUT2D eigenvalue weighted by Crippen LogP contribution is -2.09. The van der Waals surface area contributed by atoms with Crippen molar-refractivity contribution in [3.05, 3.63) is 40.2 Å². The number of nitrogens with one attached hydrogen (secondary N) is 2. The van der Waals surface area contributed by atoms with Crippen molar-refractivity contribution in [3.8, 4) is 5.75 Å². The van der Waals surface area contributed by atoms with Gasteiger partial charge in [0.05, 0.1) is 23.1 Å². The van der Waals surface area contributed by atoms with E-state index in [1.807, 2.05) is 19.9 Å². The number of aromatic amines is 1. The number of aromatic nitrogens is 2. The number of benzene rings is 1. The first kappa shape index (κ1) is 13.0. The Labute approximate surface area is 119 Å². The second kappa shape index (κ2) is 4.54. The van der Waals surface area contributed by atoms with Crippen LogP contribution in [0.25, 0.3) is 0 Å². The van der Waals surface area contributed by atoms with E-state index >= 15 is 0 Å². The van der Waals surface area contributed by atoms with Gasteiger partial charge < -0.3 is 10.4 Å². The minimum Gasteiger partial charge on any atom is -0.508 e. The number of aromatic hydroxyl groups is 1. The SMILES string of the molecule is Cc1ccc(O)c2c1C(C)CC2Nc1c(C)n[nH]c1C. The Bertz CT molecular complexity index is 640. The first-order valence-electron chi connectivity index (χ1n) is 7.09. The summed E-state index contributed by atoms with van der Waals surface area (Å²) in [7, 11) is 0. The lowest BCUT2D eigenvalue weighted by Gasteiger charge is -2.17. The largest absolute Gasteiger partial charge is 0.508 e. The van der Waals surface area contributed by atoms with Crippen molar-refractivity contribution in [2.45, 2.75) is 46.1 Å². The molecule has 1 aromatic heterocycles. The lowest BCUT2D eigenvalue weighted by molar-refractivity contribution is 0.465. The molecule has 2 atom stereocenters. The van der Waals surface area contributed by atoms with Gasteiger partial charge in [-0.1, -0.05) is 13.0 Å². The molecule has 0 spiro atoms. The van der Waals surface area contributed by atoms with Gasteiger partial charge in [0.15, 0.2) is 0 Å². The Morgan fingerprint density at radius 3 is 2.65 bits per heavy atom. The molecule has 0 amide bonds. The molecule has 0 radical (unpaired) electrons. The van der Waals surface area contributed by atoms with Crippen LogP contribution in [-0.2, 0) is 0 Å². The van der Waals surface area contributed by atoms with Crippen LogP contribution in [0.4, 0.5) is 5.69 Å². The highest BCUT2D eigenvalue weighted by atomic mass is 16.3. The third kappa shape index (κ3) is 1.87. The van der Waals surface area contributed by atoms with Crippen molar-refractivity contribution in [1.29, 1.82) is 0 Å². The Morgan fingerprint density at radius 1 is 1.25 bits per heavy atom. The molecule has 2 aromatic rings. The van der Waals surface area contributed by atoms with Crippen LogP contribution in [0.1, 0.15) is 53.4 Å². The van der Waals surface area contributed by atoms with Gasteiger partial charge in [0.25, 0.3) is 0 Å². The van der Waals surface area contributed by atoms with Gasteiger partial charge in [0.2, 0.25) is 0 Å². The van der Waals surface area contributed by atoms with E-state index in [0.717, 1.165) is 29.1 Å². The van der Waals surface area contributed by atoms with Crippen LogP contribution in [0.2, 0.25) is 0 Å². The molecule has 4 heteroatoms. The fourth-order valence-electron chi connectivity index (χ4n) is 3.41. The van der Waals surface area contributed by atoms with Crippen molar-refractivity contribution in [3.63, 3.8) is 0 Å². The van der Waals surface area contributed by atoms with Gasteiger partial charge in [-0.05, 0) is 50.3 Å². The minimum atomic E-state index is 0.148. The normalized spacial score (nSPS) is 21.0. The maximum absolute atomic E-state index is 10.2. The van der Waals surface area contributed by atoms with E-state index in [1.54, 1.807) is 6.07 Å². The van der Waals surface area contributed by atoms with Gasteiger partial charge in [-0.2, -0.15) is 5.10 Å². The molecule has 0 aliphatic heterocycles. The van der Waals surface area contributed by atoms with Crippen molar-refractivity contribution >= 4 is 5.69 Å². The summed E-state index contributed by atoms with van der Waals surface area (Å²) in [5.74, 6) is 0.855. The highest BCUT2D eigenvalue weighted by molar-refractivity contribution is 5.58. The van der Waals surface area contributed by atoms with Crippen LogP contribution in [-0.4, -0.2) is 15.3 Å². The molecular formula is C16H21N3O. The molecule has 1 heterocycles. The molecule has 0 fully saturated rings. The zero-order chi connectivity index (χ0) is 14.4. The van der Waals surface area contributed by atoms with Gasteiger partial charge in [0.1, 0.15) is 5.75 Å². The Morgan fingerprint density at radius 2 is 2.00 bits per heavy atom.